The van der Waals surface area contributed by atoms with Gasteiger partial charge in [0, 0.05) is 11.4 Å². The molecule has 1 aromatic carbocycles. The van der Waals surface area contributed by atoms with Gasteiger partial charge in [0.2, 0.25) is 0 Å². The molecule has 0 spiro atoms. The molecule has 2 rings (SSSR count). The van der Waals surface area contributed by atoms with Gasteiger partial charge in [0.25, 0.3) is 0 Å². The standard InChI is InChI=1S/C22H31NO3/c1-3-23(4-2)17-11-12-18-26-21(24)22(25,19-13-7-5-8-14-19)20-15-9-6-10-16-20/h5,7-8,13-14,20,25H,3-4,6,9-10,15-18H2,1-2H3/i3D2,4D2,5D,7D,8D,13D,14D,18D2. The fourth-order valence-electron chi connectivity index (χ4n) is 3.01. The van der Waals surface area contributed by atoms with Gasteiger partial charge in [0.05, 0.1) is 16.1 Å². The first kappa shape index (κ1) is 9.92. The fourth-order valence-corrected chi connectivity index (χ4v) is 3.01. The molecular weight excluding hydrogens is 326 g/mol. The molecule has 0 aromatic heterocycles. The number of benzene rings is 1. The van der Waals surface area contributed by atoms with E-state index in [0.29, 0.717) is 12.8 Å². The molecule has 1 aromatic rings. The molecule has 0 amide bonds. The number of nitrogens with zero attached hydrogens (tertiary/aromatic N) is 1. The molecule has 26 heavy (non-hydrogen) atoms. The third-order valence-electron chi connectivity index (χ3n) is 4.45. The summed E-state index contributed by atoms with van der Waals surface area (Å²) in [5.74, 6) is 1.80. The summed E-state index contributed by atoms with van der Waals surface area (Å²) in [7, 11) is 0. The molecule has 0 aliphatic heterocycles. The molecular formula is C22H31NO3. The third-order valence-corrected chi connectivity index (χ3v) is 4.45. The number of hydrogen-bond donors (Lipinski definition) is 1. The predicted molar refractivity (Wildman–Crippen MR) is 103 cm³/mol. The van der Waals surface area contributed by atoms with Crippen LogP contribution in [0.5, 0.6) is 0 Å². The summed E-state index contributed by atoms with van der Waals surface area (Å²) >= 11 is 0. The maximum Gasteiger partial charge on any atom is 0.344 e. The van der Waals surface area contributed by atoms with Crippen LogP contribution in [0.4, 0.5) is 0 Å². The van der Waals surface area contributed by atoms with Crippen LogP contribution in [-0.4, -0.2) is 42.1 Å². The minimum absolute atomic E-state index is 0.272. The van der Waals surface area contributed by atoms with Gasteiger partial charge in [0.1, 0.15) is 0 Å². The fraction of sp³-hybridized carbons (Fsp3) is 0.591. The molecule has 1 unspecified atom stereocenters. The van der Waals surface area contributed by atoms with Gasteiger partial charge in [-0.05, 0) is 31.4 Å². The molecule has 0 heterocycles. The largest absolute Gasteiger partial charge is 0.450 e. The zero-order valence-corrected chi connectivity index (χ0v) is 15.0. The van der Waals surface area contributed by atoms with E-state index in [2.05, 4.69) is 5.92 Å². The van der Waals surface area contributed by atoms with Crippen molar-refractivity contribution in [2.24, 2.45) is 5.92 Å². The summed E-state index contributed by atoms with van der Waals surface area (Å²) in [5.41, 5.74) is -3.44. The van der Waals surface area contributed by atoms with E-state index in [9.17, 15) is 9.90 Å². The van der Waals surface area contributed by atoms with Crippen LogP contribution in [0.15, 0.2) is 30.2 Å². The Bertz CT molecular complexity index is 1040. The quantitative estimate of drug-likeness (QED) is 0.592. The Morgan fingerprint density at radius 1 is 1.27 bits per heavy atom. The first-order valence-electron chi connectivity index (χ1n) is 14.1. The minimum Gasteiger partial charge on any atom is -0.450 e. The van der Waals surface area contributed by atoms with E-state index in [4.69, 9.17) is 19.8 Å². The summed E-state index contributed by atoms with van der Waals surface area (Å²) in [6.45, 7) is -5.65. The highest BCUT2D eigenvalue weighted by atomic mass is 16.5. The average Bonchev–Trinajstić information content (AvgIpc) is 2.77. The van der Waals surface area contributed by atoms with Crippen LogP contribution in [0.3, 0.4) is 0 Å². The van der Waals surface area contributed by atoms with Gasteiger partial charge in [0.15, 0.2) is 12.2 Å². The highest BCUT2D eigenvalue weighted by Gasteiger charge is 2.46. The smallest absolute Gasteiger partial charge is 0.344 e. The Balaban J connectivity index is 2.50. The number of rotatable bonds is 7. The zero-order valence-electron chi connectivity index (χ0n) is 26.0. The highest BCUT2D eigenvalue weighted by Crippen LogP contribution is 2.40. The SMILES string of the molecule is [2H]c1c([2H])c([2H])c(C(O)(C(=O)OC([2H])([2H])C#CCN(C([2H])([2H])C)C([2H])([2H])C)C2CCCCC2)c([2H])c1[2H]. The maximum absolute atomic E-state index is 13.4. The van der Waals surface area contributed by atoms with Gasteiger partial charge in [-0.2, -0.15) is 0 Å². The summed E-state index contributed by atoms with van der Waals surface area (Å²) in [6, 6.07) is -3.83. The number of aliphatic hydroxyl groups is 1. The number of carbonyl (C=O) groups is 1. The van der Waals surface area contributed by atoms with Gasteiger partial charge in [-0.3, -0.25) is 4.90 Å². The molecule has 1 atom stereocenters. The normalized spacial score (nSPS) is 25.0. The summed E-state index contributed by atoms with van der Waals surface area (Å²) in [5, 5.41) is 11.7. The van der Waals surface area contributed by atoms with E-state index in [0.717, 1.165) is 25.2 Å². The van der Waals surface area contributed by atoms with Crippen LogP contribution < -0.4 is 0 Å². The second-order valence-electron chi connectivity index (χ2n) is 5.93. The number of carbonyl (C=O) groups excluding carboxylic acids is 1. The minimum atomic E-state index is -3.03. The molecule has 1 saturated carbocycles. The molecule has 1 aliphatic rings. The summed E-state index contributed by atoms with van der Waals surface area (Å²) in [4.78, 5) is 14.1. The second-order valence-corrected chi connectivity index (χ2v) is 5.93. The van der Waals surface area contributed by atoms with Crippen molar-refractivity contribution in [3.8, 4) is 11.8 Å². The Kier molecular flexibility index (Phi) is 3.95. The monoisotopic (exact) mass is 368 g/mol. The van der Waals surface area contributed by atoms with Crippen molar-refractivity contribution in [2.75, 3.05) is 26.1 Å². The van der Waals surface area contributed by atoms with E-state index in [1.54, 1.807) is 0 Å². The molecule has 0 bridgehead atoms. The Hall–Kier alpha value is -1.83. The molecule has 4 nitrogen and oxygen atoms in total. The van der Waals surface area contributed by atoms with Crippen molar-refractivity contribution < 1.29 is 29.7 Å². The van der Waals surface area contributed by atoms with Crippen molar-refractivity contribution in [2.45, 2.75) is 51.6 Å². The second kappa shape index (κ2) is 10.4. The molecule has 1 N–H and O–H groups in total. The van der Waals surface area contributed by atoms with Crippen LogP contribution in [0, 0.1) is 17.8 Å². The van der Waals surface area contributed by atoms with E-state index in [1.165, 1.54) is 0 Å². The number of esters is 1. The lowest BCUT2D eigenvalue weighted by Gasteiger charge is -2.36. The van der Waals surface area contributed by atoms with Gasteiger partial charge in [-0.25, -0.2) is 4.79 Å². The highest BCUT2D eigenvalue weighted by molar-refractivity contribution is 5.81. The lowest BCUT2D eigenvalue weighted by molar-refractivity contribution is -0.174. The summed E-state index contributed by atoms with van der Waals surface area (Å²) in [6.07, 6.45) is 2.54. The van der Waals surface area contributed by atoms with Gasteiger partial charge in [-0.1, -0.05) is 75.2 Å². The van der Waals surface area contributed by atoms with Crippen LogP contribution in [0.1, 0.15) is 66.6 Å². The van der Waals surface area contributed by atoms with Gasteiger partial charge < -0.3 is 9.84 Å². The van der Waals surface area contributed by atoms with Crippen LogP contribution >= 0.6 is 0 Å². The lowest BCUT2D eigenvalue weighted by Crippen LogP contribution is -2.45. The Labute approximate surface area is 173 Å². The molecule has 1 aliphatic carbocycles. The molecule has 142 valence electrons. The van der Waals surface area contributed by atoms with Crippen LogP contribution in [0.2, 0.25) is 0 Å². The third kappa shape index (κ3) is 5.09. The molecule has 4 heteroatoms. The average molecular weight is 369 g/mol. The van der Waals surface area contributed by atoms with Crippen molar-refractivity contribution in [1.29, 1.82) is 0 Å². The van der Waals surface area contributed by atoms with Crippen LogP contribution in [-0.2, 0) is 15.1 Å². The van der Waals surface area contributed by atoms with E-state index in [-0.39, 0.29) is 12.8 Å². The first-order chi connectivity index (χ1) is 16.7. The Morgan fingerprint density at radius 3 is 2.54 bits per heavy atom. The van der Waals surface area contributed by atoms with Crippen molar-refractivity contribution in [3.63, 3.8) is 0 Å². The first-order valence-corrected chi connectivity index (χ1v) is 8.56. The van der Waals surface area contributed by atoms with Crippen molar-refractivity contribution in [1.82, 2.24) is 4.90 Å². The topological polar surface area (TPSA) is 49.8 Å². The molecule has 1 fully saturated rings. The van der Waals surface area contributed by atoms with Gasteiger partial charge >= 0.3 is 5.97 Å². The van der Waals surface area contributed by atoms with Crippen molar-refractivity contribution in [3.05, 3.63) is 35.8 Å². The van der Waals surface area contributed by atoms with E-state index in [1.807, 2.05) is 5.92 Å². The van der Waals surface area contributed by atoms with E-state index < -0.39 is 79.4 Å². The van der Waals surface area contributed by atoms with Gasteiger partial charge in [-0.15, -0.1) is 0 Å². The molecule has 0 saturated heterocycles. The number of ether oxygens (including phenoxy) is 1. The number of hydrogen-bond acceptors (Lipinski definition) is 4. The van der Waals surface area contributed by atoms with Crippen molar-refractivity contribution >= 4 is 5.97 Å². The predicted octanol–water partition coefficient (Wildman–Crippen LogP) is 3.34. The maximum atomic E-state index is 13.4. The molecule has 0 radical (unpaired) electrons. The lowest BCUT2D eigenvalue weighted by atomic mass is 9.73. The summed E-state index contributed by atoms with van der Waals surface area (Å²) < 4.78 is 92.3. The Morgan fingerprint density at radius 2 is 1.92 bits per heavy atom. The zero-order chi connectivity index (χ0) is 28.6. The van der Waals surface area contributed by atoms with Crippen LogP contribution in [0.25, 0.3) is 0 Å². The van der Waals surface area contributed by atoms with E-state index >= 15 is 0 Å².